The van der Waals surface area contributed by atoms with E-state index in [2.05, 4.69) is 5.32 Å². The Hall–Kier alpha value is -2.11. The van der Waals surface area contributed by atoms with Crippen molar-refractivity contribution < 1.29 is 4.79 Å². The quantitative estimate of drug-likeness (QED) is 0.795. The Kier molecular flexibility index (Phi) is 4.00. The molecule has 1 amide bonds. The number of anilines is 1. The number of pyridine rings is 1. The summed E-state index contributed by atoms with van der Waals surface area (Å²) in [5.41, 5.74) is 1.30. The predicted molar refractivity (Wildman–Crippen MR) is 90.9 cm³/mol. The van der Waals surface area contributed by atoms with Crippen molar-refractivity contribution in [3.05, 3.63) is 62.8 Å². The summed E-state index contributed by atoms with van der Waals surface area (Å²) in [6.07, 6.45) is 1.64. The summed E-state index contributed by atoms with van der Waals surface area (Å²) >= 11 is 7.54. The molecule has 2 aromatic heterocycles. The second-order valence-electron chi connectivity index (χ2n) is 4.91. The van der Waals surface area contributed by atoms with Crippen LogP contribution in [0.15, 0.2) is 46.7 Å². The Balaban J connectivity index is 1.83. The molecule has 3 aromatic rings. The first-order valence-corrected chi connectivity index (χ1v) is 7.93. The number of hydrogen-bond donors (Lipinski definition) is 1. The molecule has 0 aliphatic heterocycles. The van der Waals surface area contributed by atoms with Crippen LogP contribution in [0.3, 0.4) is 0 Å². The maximum atomic E-state index is 12.3. The Morgan fingerprint density at radius 3 is 2.95 bits per heavy atom. The van der Waals surface area contributed by atoms with Gasteiger partial charge in [0.2, 0.25) is 5.91 Å². The second kappa shape index (κ2) is 5.94. The summed E-state index contributed by atoms with van der Waals surface area (Å²) in [6, 6.07) is 8.94. The molecule has 0 atom stereocenters. The second-order valence-corrected chi connectivity index (χ2v) is 6.26. The van der Waals surface area contributed by atoms with Crippen molar-refractivity contribution in [2.24, 2.45) is 0 Å². The summed E-state index contributed by atoms with van der Waals surface area (Å²) in [7, 11) is 0. The number of carbonyl (C=O) groups excluding carboxylic acids is 1. The van der Waals surface area contributed by atoms with Crippen LogP contribution in [0.4, 0.5) is 5.69 Å². The van der Waals surface area contributed by atoms with Gasteiger partial charge in [-0.3, -0.25) is 9.59 Å². The Morgan fingerprint density at radius 2 is 2.14 bits per heavy atom. The van der Waals surface area contributed by atoms with E-state index in [0.717, 1.165) is 10.3 Å². The van der Waals surface area contributed by atoms with Crippen LogP contribution in [0.1, 0.15) is 5.56 Å². The van der Waals surface area contributed by atoms with E-state index in [1.54, 1.807) is 30.5 Å². The SMILES string of the molecule is Cc1c(Cl)cccc1NC(=O)Cn1ccc2sccc2c1=O. The lowest BCUT2D eigenvalue weighted by Crippen LogP contribution is -2.27. The third kappa shape index (κ3) is 2.77. The van der Waals surface area contributed by atoms with Crippen LogP contribution >= 0.6 is 22.9 Å². The highest BCUT2D eigenvalue weighted by Crippen LogP contribution is 2.23. The number of nitrogens with one attached hydrogen (secondary N) is 1. The molecule has 0 radical (unpaired) electrons. The molecule has 112 valence electrons. The van der Waals surface area contributed by atoms with Gasteiger partial charge in [-0.25, -0.2) is 0 Å². The fraction of sp³-hybridized carbons (Fsp3) is 0.125. The molecule has 2 heterocycles. The van der Waals surface area contributed by atoms with E-state index in [1.165, 1.54) is 15.9 Å². The van der Waals surface area contributed by atoms with Crippen LogP contribution in [0.25, 0.3) is 10.1 Å². The number of rotatable bonds is 3. The zero-order chi connectivity index (χ0) is 15.7. The summed E-state index contributed by atoms with van der Waals surface area (Å²) < 4.78 is 2.33. The van der Waals surface area contributed by atoms with Crippen molar-refractivity contribution in [2.45, 2.75) is 13.5 Å². The number of halogens is 1. The van der Waals surface area contributed by atoms with Crippen LogP contribution < -0.4 is 10.9 Å². The summed E-state index contributed by atoms with van der Waals surface area (Å²) in [5.74, 6) is -0.262. The van der Waals surface area contributed by atoms with E-state index in [-0.39, 0.29) is 18.0 Å². The minimum absolute atomic E-state index is 0.0312. The van der Waals surface area contributed by atoms with E-state index < -0.39 is 0 Å². The molecule has 0 aliphatic carbocycles. The van der Waals surface area contributed by atoms with Gasteiger partial charge in [0.1, 0.15) is 6.54 Å². The third-order valence-corrected chi connectivity index (χ3v) is 4.74. The maximum absolute atomic E-state index is 12.3. The summed E-state index contributed by atoms with van der Waals surface area (Å²) in [5, 5.41) is 5.89. The molecule has 0 bridgehead atoms. The standard InChI is InChI=1S/C16H13ClN2O2S/c1-10-12(17)3-2-4-13(10)18-15(20)9-19-7-5-14-11(16(19)21)6-8-22-14/h2-8H,9H2,1H3,(H,18,20). The van der Waals surface area contributed by atoms with Crippen LogP contribution in [0.2, 0.25) is 5.02 Å². The molecule has 6 heteroatoms. The maximum Gasteiger partial charge on any atom is 0.259 e. The van der Waals surface area contributed by atoms with E-state index in [4.69, 9.17) is 11.6 Å². The number of amides is 1. The van der Waals surface area contributed by atoms with Gasteiger partial charge in [-0.1, -0.05) is 17.7 Å². The number of benzene rings is 1. The zero-order valence-electron chi connectivity index (χ0n) is 11.8. The van der Waals surface area contributed by atoms with Crippen LogP contribution in [-0.4, -0.2) is 10.5 Å². The molecule has 1 aromatic carbocycles. The fourth-order valence-electron chi connectivity index (χ4n) is 2.22. The molecule has 22 heavy (non-hydrogen) atoms. The van der Waals surface area contributed by atoms with E-state index >= 15 is 0 Å². The van der Waals surface area contributed by atoms with Crippen molar-refractivity contribution in [1.82, 2.24) is 4.57 Å². The number of nitrogens with zero attached hydrogens (tertiary/aromatic N) is 1. The lowest BCUT2D eigenvalue weighted by atomic mass is 10.2. The van der Waals surface area contributed by atoms with Gasteiger partial charge < -0.3 is 9.88 Å². The summed E-state index contributed by atoms with van der Waals surface area (Å²) in [6.45, 7) is 1.80. The zero-order valence-corrected chi connectivity index (χ0v) is 13.4. The minimum atomic E-state index is -0.262. The Morgan fingerprint density at radius 1 is 1.32 bits per heavy atom. The van der Waals surface area contributed by atoms with Gasteiger partial charge >= 0.3 is 0 Å². The molecule has 4 nitrogen and oxygen atoms in total. The van der Waals surface area contributed by atoms with E-state index in [1.807, 2.05) is 18.4 Å². The highest BCUT2D eigenvalue weighted by molar-refractivity contribution is 7.17. The van der Waals surface area contributed by atoms with Crippen LogP contribution in [-0.2, 0) is 11.3 Å². The highest BCUT2D eigenvalue weighted by Gasteiger charge is 2.10. The number of aromatic nitrogens is 1. The highest BCUT2D eigenvalue weighted by atomic mass is 35.5. The first-order valence-electron chi connectivity index (χ1n) is 6.68. The van der Waals surface area contributed by atoms with E-state index in [0.29, 0.717) is 16.1 Å². The lowest BCUT2D eigenvalue weighted by Gasteiger charge is -2.10. The first-order chi connectivity index (χ1) is 10.6. The van der Waals surface area contributed by atoms with Crippen molar-refractivity contribution >= 4 is 44.6 Å². The van der Waals surface area contributed by atoms with Crippen molar-refractivity contribution in [3.8, 4) is 0 Å². The normalized spacial score (nSPS) is 10.8. The molecular weight excluding hydrogens is 320 g/mol. The summed E-state index contributed by atoms with van der Waals surface area (Å²) in [4.78, 5) is 24.4. The van der Waals surface area contributed by atoms with E-state index in [9.17, 15) is 9.59 Å². The number of hydrogen-bond acceptors (Lipinski definition) is 3. The lowest BCUT2D eigenvalue weighted by molar-refractivity contribution is -0.116. The molecule has 0 saturated heterocycles. The van der Waals surface area contributed by atoms with Gasteiger partial charge in [0.05, 0.1) is 5.39 Å². The molecule has 0 unspecified atom stereocenters. The topological polar surface area (TPSA) is 51.1 Å². The third-order valence-electron chi connectivity index (χ3n) is 3.45. The van der Waals surface area contributed by atoms with Gasteiger partial charge in [0.25, 0.3) is 5.56 Å². The first kappa shape index (κ1) is 14.8. The van der Waals surface area contributed by atoms with Gasteiger partial charge in [-0.15, -0.1) is 11.3 Å². The van der Waals surface area contributed by atoms with Crippen LogP contribution in [0.5, 0.6) is 0 Å². The fourth-order valence-corrected chi connectivity index (χ4v) is 3.17. The van der Waals surface area contributed by atoms with Gasteiger partial charge in [-0.05, 0) is 42.1 Å². The van der Waals surface area contributed by atoms with Crippen molar-refractivity contribution in [2.75, 3.05) is 5.32 Å². The molecule has 1 N–H and O–H groups in total. The molecular formula is C16H13ClN2O2S. The van der Waals surface area contributed by atoms with Crippen molar-refractivity contribution in [3.63, 3.8) is 0 Å². The average Bonchev–Trinajstić information content (AvgIpc) is 2.96. The Labute approximate surface area is 136 Å². The predicted octanol–water partition coefficient (Wildman–Crippen LogP) is 3.66. The molecule has 0 saturated carbocycles. The average molecular weight is 333 g/mol. The number of fused-ring (bicyclic) bond motifs is 1. The molecule has 3 rings (SSSR count). The molecule has 0 aliphatic rings. The Bertz CT molecular complexity index is 914. The smallest absolute Gasteiger partial charge is 0.259 e. The van der Waals surface area contributed by atoms with Crippen molar-refractivity contribution in [1.29, 1.82) is 0 Å². The monoisotopic (exact) mass is 332 g/mol. The largest absolute Gasteiger partial charge is 0.324 e. The van der Waals surface area contributed by atoms with Gasteiger partial charge in [0, 0.05) is 21.6 Å². The number of thiophene rings is 1. The minimum Gasteiger partial charge on any atom is -0.324 e. The van der Waals surface area contributed by atoms with Crippen LogP contribution in [0, 0.1) is 6.92 Å². The van der Waals surface area contributed by atoms with Gasteiger partial charge in [0.15, 0.2) is 0 Å². The number of carbonyl (C=O) groups is 1. The molecule has 0 fully saturated rings. The van der Waals surface area contributed by atoms with Gasteiger partial charge in [-0.2, -0.15) is 0 Å². The molecule has 0 spiro atoms.